The summed E-state index contributed by atoms with van der Waals surface area (Å²) in [5.41, 5.74) is -0.234. The normalized spacial score (nSPS) is 13.8. The van der Waals surface area contributed by atoms with Crippen molar-refractivity contribution in [3.63, 3.8) is 0 Å². The van der Waals surface area contributed by atoms with Gasteiger partial charge in [0.05, 0.1) is 6.54 Å². The van der Waals surface area contributed by atoms with Crippen LogP contribution in [0.15, 0.2) is 0 Å². The molecule has 1 amide bonds. The maximum Gasteiger partial charge on any atom is 0.226 e. The fourth-order valence-electron chi connectivity index (χ4n) is 2.03. The highest BCUT2D eigenvalue weighted by Gasteiger charge is 2.31. The average molecular weight is 237 g/mol. The Morgan fingerprint density at radius 2 is 1.76 bits per heavy atom. The van der Waals surface area contributed by atoms with Crippen LogP contribution in [0.1, 0.15) is 65.7 Å². The number of rotatable bonds is 9. The minimum atomic E-state index is -0.234. The largest absolute Gasteiger partial charge is 0.345 e. The summed E-state index contributed by atoms with van der Waals surface area (Å²) in [6, 6.07) is 0. The lowest BCUT2D eigenvalue weighted by atomic mass is 9.79. The highest BCUT2D eigenvalue weighted by Crippen LogP contribution is 2.31. The highest BCUT2D eigenvalue weighted by molar-refractivity contribution is 5.82. The van der Waals surface area contributed by atoms with Gasteiger partial charge >= 0.3 is 0 Å². The Kier molecular flexibility index (Phi) is 8.58. The van der Waals surface area contributed by atoms with E-state index in [9.17, 15) is 4.79 Å². The van der Waals surface area contributed by atoms with Crippen molar-refractivity contribution in [2.45, 2.75) is 65.7 Å². The fourth-order valence-corrected chi connectivity index (χ4v) is 2.03. The number of carbonyl (C=O) groups excluding carboxylic acids is 1. The van der Waals surface area contributed by atoms with Gasteiger partial charge in [-0.15, -0.1) is 6.42 Å². The van der Waals surface area contributed by atoms with Gasteiger partial charge in [0.25, 0.3) is 0 Å². The van der Waals surface area contributed by atoms with Gasteiger partial charge in [0.15, 0.2) is 0 Å². The quantitative estimate of drug-likeness (QED) is 0.482. The van der Waals surface area contributed by atoms with Gasteiger partial charge < -0.3 is 5.32 Å². The van der Waals surface area contributed by atoms with Crippen LogP contribution in [-0.2, 0) is 4.79 Å². The predicted molar refractivity (Wildman–Crippen MR) is 73.6 cm³/mol. The first-order valence-electron chi connectivity index (χ1n) is 6.82. The molecule has 17 heavy (non-hydrogen) atoms. The number of amides is 1. The Balaban J connectivity index is 4.36. The molecule has 0 spiro atoms. The van der Waals surface area contributed by atoms with E-state index in [0.717, 1.165) is 32.1 Å². The zero-order valence-corrected chi connectivity index (χ0v) is 11.6. The Labute approximate surface area is 107 Å². The molecule has 0 aromatic rings. The van der Waals surface area contributed by atoms with Crippen molar-refractivity contribution in [3.8, 4) is 12.3 Å². The van der Waals surface area contributed by atoms with E-state index in [4.69, 9.17) is 6.42 Å². The maximum atomic E-state index is 12.1. The van der Waals surface area contributed by atoms with Crippen molar-refractivity contribution in [3.05, 3.63) is 0 Å². The van der Waals surface area contributed by atoms with Crippen molar-refractivity contribution in [2.24, 2.45) is 5.41 Å². The first kappa shape index (κ1) is 16.0. The van der Waals surface area contributed by atoms with Gasteiger partial charge in [0.2, 0.25) is 5.91 Å². The van der Waals surface area contributed by atoms with Gasteiger partial charge in [-0.25, -0.2) is 0 Å². The van der Waals surface area contributed by atoms with Crippen LogP contribution in [0.25, 0.3) is 0 Å². The van der Waals surface area contributed by atoms with Crippen LogP contribution in [0.5, 0.6) is 0 Å². The van der Waals surface area contributed by atoms with Crippen LogP contribution < -0.4 is 5.32 Å². The van der Waals surface area contributed by atoms with Crippen LogP contribution in [-0.4, -0.2) is 12.5 Å². The molecule has 2 heteroatoms. The number of unbranched alkanes of at least 4 members (excludes halogenated alkanes) is 3. The molecule has 0 fully saturated rings. The lowest BCUT2D eigenvalue weighted by molar-refractivity contribution is -0.130. The van der Waals surface area contributed by atoms with E-state index in [0.29, 0.717) is 6.54 Å². The molecule has 98 valence electrons. The zero-order valence-electron chi connectivity index (χ0n) is 11.6. The number of carbonyl (C=O) groups is 1. The molecule has 0 aliphatic carbocycles. The molecule has 0 heterocycles. The Bertz CT molecular complexity index is 254. The first-order valence-corrected chi connectivity index (χ1v) is 6.82. The van der Waals surface area contributed by atoms with Gasteiger partial charge in [0.1, 0.15) is 0 Å². The molecule has 0 aromatic heterocycles. The van der Waals surface area contributed by atoms with Gasteiger partial charge in [-0.1, -0.05) is 58.8 Å². The molecule has 1 unspecified atom stereocenters. The molecule has 2 nitrogen and oxygen atoms in total. The molecule has 0 rings (SSSR count). The third kappa shape index (κ3) is 6.36. The summed E-state index contributed by atoms with van der Waals surface area (Å²) in [7, 11) is 0. The Morgan fingerprint density at radius 3 is 2.29 bits per heavy atom. The van der Waals surface area contributed by atoms with E-state index in [1.54, 1.807) is 0 Å². The molecular formula is C15H27NO. The summed E-state index contributed by atoms with van der Waals surface area (Å²) >= 11 is 0. The van der Waals surface area contributed by atoms with Crippen molar-refractivity contribution in [1.82, 2.24) is 5.32 Å². The minimum absolute atomic E-state index is 0.125. The van der Waals surface area contributed by atoms with Gasteiger partial charge in [-0.3, -0.25) is 4.79 Å². The number of hydrogen-bond acceptors (Lipinski definition) is 1. The molecule has 0 aliphatic heterocycles. The highest BCUT2D eigenvalue weighted by atomic mass is 16.2. The fraction of sp³-hybridized carbons (Fsp3) is 0.800. The van der Waals surface area contributed by atoms with Gasteiger partial charge in [-0.05, 0) is 12.8 Å². The van der Waals surface area contributed by atoms with E-state index in [2.05, 4.69) is 32.0 Å². The molecule has 0 aromatic carbocycles. The van der Waals surface area contributed by atoms with Crippen LogP contribution >= 0.6 is 0 Å². The second-order valence-electron chi connectivity index (χ2n) is 5.01. The van der Waals surface area contributed by atoms with E-state index in [-0.39, 0.29) is 11.3 Å². The second-order valence-corrected chi connectivity index (χ2v) is 5.01. The Hall–Kier alpha value is -0.970. The Morgan fingerprint density at radius 1 is 1.18 bits per heavy atom. The van der Waals surface area contributed by atoms with E-state index < -0.39 is 0 Å². The van der Waals surface area contributed by atoms with Crippen LogP contribution in [0.4, 0.5) is 0 Å². The third-order valence-electron chi connectivity index (χ3n) is 3.31. The van der Waals surface area contributed by atoms with Crippen molar-refractivity contribution in [1.29, 1.82) is 0 Å². The zero-order chi connectivity index (χ0) is 13.1. The first-order chi connectivity index (χ1) is 8.10. The summed E-state index contributed by atoms with van der Waals surface area (Å²) in [5, 5.41) is 2.83. The monoisotopic (exact) mass is 237 g/mol. The van der Waals surface area contributed by atoms with Crippen molar-refractivity contribution < 1.29 is 4.79 Å². The van der Waals surface area contributed by atoms with E-state index in [1.807, 2.05) is 0 Å². The van der Waals surface area contributed by atoms with Crippen molar-refractivity contribution in [2.75, 3.05) is 6.54 Å². The molecule has 1 N–H and O–H groups in total. The molecule has 0 aliphatic rings. The standard InChI is InChI=1S/C15H27NO/c1-5-8-10-12-15(4,11-9-6-2)14(17)16-13-7-3/h3H,5-6,8-13H2,1-2,4H3,(H,16,17). The van der Waals surface area contributed by atoms with Crippen LogP contribution in [0, 0.1) is 17.8 Å². The maximum absolute atomic E-state index is 12.1. The SMILES string of the molecule is C#CCNC(=O)C(C)(CCCC)CCCCC. The molecule has 0 saturated carbocycles. The average Bonchev–Trinajstić information content (AvgIpc) is 2.33. The predicted octanol–water partition coefficient (Wildman–Crippen LogP) is 3.51. The molecule has 0 bridgehead atoms. The smallest absolute Gasteiger partial charge is 0.226 e. The lowest BCUT2D eigenvalue weighted by Crippen LogP contribution is -2.39. The van der Waals surface area contributed by atoms with Crippen molar-refractivity contribution >= 4 is 5.91 Å². The van der Waals surface area contributed by atoms with E-state index in [1.165, 1.54) is 12.8 Å². The summed E-state index contributed by atoms with van der Waals surface area (Å²) in [5.74, 6) is 2.59. The third-order valence-corrected chi connectivity index (χ3v) is 3.31. The number of terminal acetylenes is 1. The number of nitrogens with one attached hydrogen (secondary N) is 1. The topological polar surface area (TPSA) is 29.1 Å². The summed E-state index contributed by atoms with van der Waals surface area (Å²) < 4.78 is 0. The molecule has 0 radical (unpaired) electrons. The van der Waals surface area contributed by atoms with E-state index >= 15 is 0 Å². The van der Waals surface area contributed by atoms with Crippen LogP contribution in [0.2, 0.25) is 0 Å². The minimum Gasteiger partial charge on any atom is -0.345 e. The summed E-state index contributed by atoms with van der Waals surface area (Å²) in [6.07, 6.45) is 12.9. The van der Waals surface area contributed by atoms with Gasteiger partial charge in [0, 0.05) is 5.41 Å². The van der Waals surface area contributed by atoms with Gasteiger partial charge in [-0.2, -0.15) is 0 Å². The molecule has 1 atom stereocenters. The second kappa shape index (κ2) is 9.10. The summed E-state index contributed by atoms with van der Waals surface area (Å²) in [4.78, 5) is 12.1. The molecular weight excluding hydrogens is 210 g/mol. The van der Waals surface area contributed by atoms with Crippen LogP contribution in [0.3, 0.4) is 0 Å². The number of hydrogen-bond donors (Lipinski definition) is 1. The lowest BCUT2D eigenvalue weighted by Gasteiger charge is -2.28. The summed E-state index contributed by atoms with van der Waals surface area (Å²) in [6.45, 7) is 6.76. The molecule has 0 saturated heterocycles.